The number of benzene rings is 3. The molecule has 2 atom stereocenters. The molecular weight excluding hydrogens is 427 g/mol. The fraction of sp³-hybridized carbons (Fsp3) is 0.280. The fourth-order valence-corrected chi connectivity index (χ4v) is 3.80. The molecule has 0 aromatic heterocycles. The second-order valence-electron chi connectivity index (χ2n) is 7.75. The molecule has 0 bridgehead atoms. The smallest absolute Gasteiger partial charge is 0.426 e. The molecule has 0 saturated carbocycles. The Bertz CT molecular complexity index is 1060. The molecule has 0 radical (unpaired) electrons. The van der Waals surface area contributed by atoms with Gasteiger partial charge in [-0.1, -0.05) is 43.3 Å². The quantitative estimate of drug-likeness (QED) is 0.287. The Hall–Kier alpha value is -2.93. The van der Waals surface area contributed by atoms with Crippen molar-refractivity contribution >= 4 is 0 Å². The predicted molar refractivity (Wildman–Crippen MR) is 110 cm³/mol. The molecule has 1 aliphatic heterocycles. The summed E-state index contributed by atoms with van der Waals surface area (Å²) in [4.78, 5) is 0. The zero-order chi connectivity index (χ0) is 22.9. The summed E-state index contributed by atoms with van der Waals surface area (Å²) in [6, 6.07) is 13.9. The minimum Gasteiger partial charge on any atom is -0.429 e. The van der Waals surface area contributed by atoms with E-state index in [4.69, 9.17) is 4.74 Å². The van der Waals surface area contributed by atoms with Crippen LogP contribution in [0, 0.1) is 17.5 Å². The number of alkyl halides is 2. The van der Waals surface area contributed by atoms with E-state index in [1.165, 1.54) is 24.3 Å². The van der Waals surface area contributed by atoms with E-state index in [1.807, 2.05) is 24.3 Å². The monoisotopic (exact) mass is 448 g/mol. The summed E-state index contributed by atoms with van der Waals surface area (Å²) in [6.45, 7) is 2.10. The zero-order valence-corrected chi connectivity index (χ0v) is 17.3. The second kappa shape index (κ2) is 8.90. The van der Waals surface area contributed by atoms with E-state index in [9.17, 15) is 22.0 Å². The average molecular weight is 448 g/mol. The third kappa shape index (κ3) is 4.63. The maximum absolute atomic E-state index is 14.5. The van der Waals surface area contributed by atoms with Crippen molar-refractivity contribution in [2.24, 2.45) is 0 Å². The Morgan fingerprint density at radius 2 is 1.44 bits per heavy atom. The molecule has 1 saturated heterocycles. The van der Waals surface area contributed by atoms with Gasteiger partial charge in [-0.2, -0.15) is 8.78 Å². The summed E-state index contributed by atoms with van der Waals surface area (Å²) in [7, 11) is 0. The molecule has 0 N–H and O–H groups in total. The van der Waals surface area contributed by atoms with Crippen LogP contribution < -0.4 is 4.74 Å². The SMILES string of the molecule is CCC1CCC(c2ccc(-c3ccc(C(F)(F)Oc4cc(F)c(F)c(F)c4)cc3)cc2)O1. The van der Waals surface area contributed by atoms with Crippen molar-refractivity contribution in [2.45, 2.75) is 44.5 Å². The van der Waals surface area contributed by atoms with Gasteiger partial charge < -0.3 is 9.47 Å². The third-order valence-corrected chi connectivity index (χ3v) is 5.60. The molecule has 3 aromatic carbocycles. The topological polar surface area (TPSA) is 18.5 Å². The van der Waals surface area contributed by atoms with Gasteiger partial charge in [-0.25, -0.2) is 13.2 Å². The number of rotatable bonds is 6. The molecule has 1 fully saturated rings. The van der Waals surface area contributed by atoms with Gasteiger partial charge in [0.25, 0.3) is 0 Å². The molecular formula is C25H21F5O2. The Balaban J connectivity index is 1.47. The van der Waals surface area contributed by atoms with Gasteiger partial charge >= 0.3 is 6.11 Å². The van der Waals surface area contributed by atoms with E-state index in [0.29, 0.717) is 23.8 Å². The van der Waals surface area contributed by atoms with Crippen LogP contribution in [0.25, 0.3) is 11.1 Å². The third-order valence-electron chi connectivity index (χ3n) is 5.60. The fourth-order valence-electron chi connectivity index (χ4n) is 3.80. The first-order chi connectivity index (χ1) is 15.3. The first kappa shape index (κ1) is 22.3. The highest BCUT2D eigenvalue weighted by atomic mass is 19.3. The first-order valence-corrected chi connectivity index (χ1v) is 10.3. The van der Waals surface area contributed by atoms with E-state index in [1.54, 1.807) is 0 Å². The molecule has 32 heavy (non-hydrogen) atoms. The average Bonchev–Trinajstić information content (AvgIpc) is 3.27. The molecule has 3 aromatic rings. The summed E-state index contributed by atoms with van der Waals surface area (Å²) in [5.41, 5.74) is 2.14. The van der Waals surface area contributed by atoms with E-state index in [2.05, 4.69) is 11.7 Å². The maximum atomic E-state index is 14.5. The van der Waals surface area contributed by atoms with Crippen LogP contribution in [-0.2, 0) is 10.8 Å². The Morgan fingerprint density at radius 3 is 1.97 bits per heavy atom. The maximum Gasteiger partial charge on any atom is 0.426 e. The highest BCUT2D eigenvalue weighted by Gasteiger charge is 2.35. The lowest BCUT2D eigenvalue weighted by atomic mass is 9.99. The molecule has 0 amide bonds. The molecule has 2 unspecified atom stereocenters. The van der Waals surface area contributed by atoms with Crippen molar-refractivity contribution in [1.29, 1.82) is 0 Å². The van der Waals surface area contributed by atoms with Gasteiger partial charge in [0.05, 0.1) is 17.8 Å². The van der Waals surface area contributed by atoms with Gasteiger partial charge in [0, 0.05) is 12.1 Å². The minimum atomic E-state index is -3.87. The highest BCUT2D eigenvalue weighted by molar-refractivity contribution is 5.64. The van der Waals surface area contributed by atoms with Crippen LogP contribution in [-0.4, -0.2) is 6.10 Å². The van der Waals surface area contributed by atoms with Gasteiger partial charge in [0.2, 0.25) is 0 Å². The number of ether oxygens (including phenoxy) is 2. The van der Waals surface area contributed by atoms with Crippen molar-refractivity contribution in [1.82, 2.24) is 0 Å². The van der Waals surface area contributed by atoms with Crippen LogP contribution in [0.3, 0.4) is 0 Å². The molecule has 7 heteroatoms. The number of hydrogen-bond acceptors (Lipinski definition) is 2. The van der Waals surface area contributed by atoms with Crippen molar-refractivity contribution in [3.8, 4) is 16.9 Å². The van der Waals surface area contributed by atoms with E-state index in [0.717, 1.165) is 30.4 Å². The second-order valence-corrected chi connectivity index (χ2v) is 7.75. The summed E-state index contributed by atoms with van der Waals surface area (Å²) >= 11 is 0. The Labute approximate surface area is 182 Å². The van der Waals surface area contributed by atoms with Crippen LogP contribution in [0.2, 0.25) is 0 Å². The van der Waals surface area contributed by atoms with Crippen LogP contribution in [0.5, 0.6) is 5.75 Å². The molecule has 0 aliphatic carbocycles. The summed E-state index contributed by atoms with van der Waals surface area (Å²) in [6.07, 6.45) is -0.497. The van der Waals surface area contributed by atoms with Crippen molar-refractivity contribution < 1.29 is 31.4 Å². The molecule has 2 nitrogen and oxygen atoms in total. The first-order valence-electron chi connectivity index (χ1n) is 10.3. The van der Waals surface area contributed by atoms with Crippen LogP contribution in [0.4, 0.5) is 22.0 Å². The number of halogens is 5. The lowest BCUT2D eigenvalue weighted by Crippen LogP contribution is -2.22. The van der Waals surface area contributed by atoms with Crippen LogP contribution in [0.1, 0.15) is 43.4 Å². The normalized spacial score (nSPS) is 18.7. The van der Waals surface area contributed by atoms with Crippen LogP contribution >= 0.6 is 0 Å². The van der Waals surface area contributed by atoms with Gasteiger partial charge in [-0.05, 0) is 48.1 Å². The minimum absolute atomic E-state index is 0.0772. The van der Waals surface area contributed by atoms with E-state index < -0.39 is 34.9 Å². The van der Waals surface area contributed by atoms with Gasteiger partial charge in [0.1, 0.15) is 5.75 Å². The summed E-state index contributed by atoms with van der Waals surface area (Å²) < 4.78 is 78.9. The van der Waals surface area contributed by atoms with E-state index >= 15 is 0 Å². The predicted octanol–water partition coefficient (Wildman–Crippen LogP) is 7.53. The lowest BCUT2D eigenvalue weighted by molar-refractivity contribution is -0.185. The van der Waals surface area contributed by atoms with Crippen molar-refractivity contribution in [2.75, 3.05) is 0 Å². The Kier molecular flexibility index (Phi) is 6.20. The molecule has 1 aliphatic rings. The molecule has 168 valence electrons. The largest absolute Gasteiger partial charge is 0.429 e. The molecule has 0 spiro atoms. The van der Waals surface area contributed by atoms with Crippen molar-refractivity contribution in [3.63, 3.8) is 0 Å². The molecule has 4 rings (SSSR count). The Morgan fingerprint density at radius 1 is 0.875 bits per heavy atom. The standard InChI is InChI=1S/C25H21F5O2/c1-2-19-11-12-23(31-19)17-5-3-15(4-6-17)16-7-9-18(10-8-16)25(29,30)32-20-13-21(26)24(28)22(27)14-20/h3-10,13-14,19,23H,2,11-12H2,1H3. The van der Waals surface area contributed by atoms with Gasteiger partial charge in [-0.15, -0.1) is 0 Å². The van der Waals surface area contributed by atoms with E-state index in [-0.39, 0.29) is 6.10 Å². The highest BCUT2D eigenvalue weighted by Crippen LogP contribution is 2.36. The van der Waals surface area contributed by atoms with Gasteiger partial charge in [-0.3, -0.25) is 0 Å². The molecule has 1 heterocycles. The summed E-state index contributed by atoms with van der Waals surface area (Å²) in [5.74, 6) is -5.78. The van der Waals surface area contributed by atoms with Gasteiger partial charge in [0.15, 0.2) is 17.5 Å². The van der Waals surface area contributed by atoms with Crippen molar-refractivity contribution in [3.05, 3.63) is 89.2 Å². The lowest BCUT2D eigenvalue weighted by Gasteiger charge is -2.19. The number of hydrogen-bond donors (Lipinski definition) is 0. The zero-order valence-electron chi connectivity index (χ0n) is 17.3. The summed E-state index contributed by atoms with van der Waals surface area (Å²) in [5, 5.41) is 0. The van der Waals surface area contributed by atoms with Crippen LogP contribution in [0.15, 0.2) is 60.7 Å².